The second-order valence-electron chi connectivity index (χ2n) is 11.2. The number of nitrogens with two attached hydrogens (primary N) is 2. The molecule has 0 radical (unpaired) electrons. The first-order valence-electron chi connectivity index (χ1n) is 14.9. The average Bonchev–Trinajstić information content (AvgIpc) is 3.01. The van der Waals surface area contributed by atoms with Gasteiger partial charge in [-0.2, -0.15) is 0 Å². The van der Waals surface area contributed by atoms with E-state index in [1.807, 2.05) is 0 Å². The van der Waals surface area contributed by atoms with E-state index in [1.54, 1.807) is 0 Å². The van der Waals surface area contributed by atoms with Gasteiger partial charge in [0.2, 0.25) is 15.4 Å². The minimum Gasteiger partial charge on any atom is -0.748 e. The number of fused-ring (bicyclic) bond motifs is 2. The molecule has 4 rings (SSSR count). The molecule has 21 heteroatoms. The molecule has 0 atom stereocenters. The van der Waals surface area contributed by atoms with Crippen molar-refractivity contribution in [3.8, 4) is 22.5 Å². The third kappa shape index (κ3) is 9.06. The maximum atomic E-state index is 13.6. The van der Waals surface area contributed by atoms with Crippen molar-refractivity contribution in [3.63, 3.8) is 0 Å². The number of carboxylic acids is 2. The number of aliphatic carboxylic acids is 1. The molecule has 2 aliphatic rings. The fourth-order valence-corrected chi connectivity index (χ4v) is 7.88. The zero-order valence-electron chi connectivity index (χ0n) is 26.4. The Labute approximate surface area is 290 Å². The number of amides is 1. The maximum Gasteiger partial charge on any atom is 0.336 e. The molecule has 2 aromatic rings. The summed E-state index contributed by atoms with van der Waals surface area (Å²) in [6.07, 6.45) is 0.831. The number of anilines is 1. The fraction of sp³-hybridized carbons (Fsp3) is 0.267. The third-order valence-corrected chi connectivity index (χ3v) is 10.8. The Balaban J connectivity index is 1.99. The lowest BCUT2D eigenvalue weighted by Crippen LogP contribution is -2.47. The van der Waals surface area contributed by atoms with Crippen LogP contribution in [0.5, 0.6) is 0 Å². The second-order valence-corrected chi connectivity index (χ2v) is 15.7. The molecule has 1 amide bonds. The van der Waals surface area contributed by atoms with Crippen LogP contribution in [0.25, 0.3) is 33.4 Å². The van der Waals surface area contributed by atoms with Crippen molar-refractivity contribution < 1.29 is 68.8 Å². The van der Waals surface area contributed by atoms with Crippen LogP contribution in [-0.4, -0.2) is 81.3 Å². The summed E-state index contributed by atoms with van der Waals surface area (Å²) in [7, 11) is -14.9. The minimum atomic E-state index is -5.45. The number of sulfonamides is 1. The highest BCUT2D eigenvalue weighted by Gasteiger charge is 2.32. The number of hydrogen-bond donors (Lipinski definition) is 6. The summed E-state index contributed by atoms with van der Waals surface area (Å²) in [6, 6.07) is 8.06. The second kappa shape index (κ2) is 15.1. The summed E-state index contributed by atoms with van der Waals surface area (Å²) in [6.45, 7) is -0.421. The molecule has 8 N–H and O–H groups in total. The van der Waals surface area contributed by atoms with Gasteiger partial charge in [-0.15, -0.1) is 0 Å². The zero-order valence-corrected chi connectivity index (χ0v) is 28.8. The molecule has 0 spiro atoms. The van der Waals surface area contributed by atoms with E-state index in [-0.39, 0.29) is 40.6 Å². The average molecular weight is 768 g/mol. The van der Waals surface area contributed by atoms with E-state index < -0.39 is 105 Å². The van der Waals surface area contributed by atoms with Crippen molar-refractivity contribution in [1.29, 1.82) is 0 Å². The van der Waals surface area contributed by atoms with Gasteiger partial charge in [-0.05, 0) is 61.2 Å². The number of hydrogen-bond acceptors (Lipinski definition) is 13. The Hall–Kier alpha value is -4.93. The predicted octanol–water partition coefficient (Wildman–Crippen LogP) is -0.363. The number of nitrogen functional groups attached to an aromatic ring is 1. The molecule has 1 aliphatic heterocycles. The number of carbonyl (C=O) groups excluding carboxylic acids is 1. The van der Waals surface area contributed by atoms with Gasteiger partial charge in [0.25, 0.3) is 5.91 Å². The number of rotatable bonds is 16. The first-order valence-corrected chi connectivity index (χ1v) is 19.4. The highest BCUT2D eigenvalue weighted by atomic mass is 32.2. The lowest BCUT2D eigenvalue weighted by Gasteiger charge is -2.21. The topological polar surface area (TPSA) is 329 Å². The van der Waals surface area contributed by atoms with Gasteiger partial charge < -0.3 is 34.8 Å². The maximum absolute atomic E-state index is 13.6. The molecule has 0 saturated heterocycles. The molecule has 0 unspecified atom stereocenters. The van der Waals surface area contributed by atoms with Gasteiger partial charge in [-0.25, -0.2) is 34.8 Å². The molecule has 0 saturated carbocycles. The van der Waals surface area contributed by atoms with Crippen LogP contribution >= 0.6 is 0 Å². The number of benzene rings is 3. The molecule has 0 fully saturated rings. The Morgan fingerprint density at radius 1 is 0.843 bits per heavy atom. The molecular formula is C30H31N4O14S3-. The van der Waals surface area contributed by atoms with Crippen LogP contribution in [0.3, 0.4) is 0 Å². The van der Waals surface area contributed by atoms with Crippen LogP contribution in [0.15, 0.2) is 56.7 Å². The van der Waals surface area contributed by atoms with Gasteiger partial charge >= 0.3 is 11.9 Å². The molecule has 18 nitrogen and oxygen atoms in total. The van der Waals surface area contributed by atoms with Gasteiger partial charge in [-0.1, -0.05) is 6.42 Å². The van der Waals surface area contributed by atoms with Crippen molar-refractivity contribution in [3.05, 3.63) is 58.9 Å². The first kappa shape index (κ1) is 38.9. The van der Waals surface area contributed by atoms with Gasteiger partial charge in [0.15, 0.2) is 16.2 Å². The summed E-state index contributed by atoms with van der Waals surface area (Å²) in [5.41, 5.74) is 3.78. The van der Waals surface area contributed by atoms with Gasteiger partial charge in [0.1, 0.15) is 15.0 Å². The summed E-state index contributed by atoms with van der Waals surface area (Å²) < 4.78 is 106. The smallest absolute Gasteiger partial charge is 0.336 e. The summed E-state index contributed by atoms with van der Waals surface area (Å²) in [4.78, 5) is 34.5. The van der Waals surface area contributed by atoms with Crippen molar-refractivity contribution in [2.75, 3.05) is 24.6 Å². The van der Waals surface area contributed by atoms with Crippen LogP contribution in [0.4, 0.5) is 5.69 Å². The molecule has 51 heavy (non-hydrogen) atoms. The fourth-order valence-electron chi connectivity index (χ4n) is 5.31. The molecule has 1 aliphatic carbocycles. The number of nitrogens with one attached hydrogen (secondary N) is 2. The monoisotopic (exact) mass is 767 g/mol. The van der Waals surface area contributed by atoms with Crippen molar-refractivity contribution >= 4 is 64.8 Å². The molecule has 1 heterocycles. The summed E-state index contributed by atoms with van der Waals surface area (Å²) in [5.74, 6) is -4.80. The number of carboxylic acid groups (broad SMARTS) is 2. The SMILES string of the molecule is Nc1ccc2c(-c3cc(C(=O)NCCCCCC(=O)O)ccc3C(=O)O)c3ccc(=[NH2+])c(S(=O)(=O)[O-])c-3oc2c1S(=O)(=O)NCCCS(=O)(=O)[O-]. The van der Waals surface area contributed by atoms with Crippen LogP contribution in [0.1, 0.15) is 52.8 Å². The highest BCUT2D eigenvalue weighted by Crippen LogP contribution is 2.45. The van der Waals surface area contributed by atoms with Gasteiger partial charge in [-0.3, -0.25) is 15.0 Å². The number of carbonyl (C=O) groups is 3. The van der Waals surface area contributed by atoms with E-state index in [1.165, 1.54) is 18.2 Å². The largest absolute Gasteiger partial charge is 0.748 e. The van der Waals surface area contributed by atoms with Crippen molar-refractivity contribution in [2.24, 2.45) is 0 Å². The highest BCUT2D eigenvalue weighted by molar-refractivity contribution is 7.90. The van der Waals surface area contributed by atoms with Gasteiger partial charge in [0, 0.05) is 53.4 Å². The van der Waals surface area contributed by atoms with Crippen LogP contribution in [0.2, 0.25) is 0 Å². The van der Waals surface area contributed by atoms with Crippen molar-refractivity contribution in [1.82, 2.24) is 10.0 Å². The van der Waals surface area contributed by atoms with E-state index in [9.17, 15) is 53.8 Å². The van der Waals surface area contributed by atoms with Crippen LogP contribution in [0, 0.1) is 0 Å². The normalized spacial score (nSPS) is 12.3. The third-order valence-electron chi connectivity index (χ3n) is 7.54. The Morgan fingerprint density at radius 3 is 2.18 bits per heavy atom. The summed E-state index contributed by atoms with van der Waals surface area (Å²) in [5, 5.41) is 26.7. The van der Waals surface area contributed by atoms with Gasteiger partial charge in [0.05, 0.1) is 21.4 Å². The van der Waals surface area contributed by atoms with E-state index in [0.717, 1.165) is 24.3 Å². The molecule has 0 bridgehead atoms. The van der Waals surface area contributed by atoms with E-state index >= 15 is 0 Å². The lowest BCUT2D eigenvalue weighted by molar-refractivity contribution is -0.176. The Kier molecular flexibility index (Phi) is 11.5. The Bertz CT molecular complexity index is 2410. The molecule has 0 aromatic heterocycles. The quantitative estimate of drug-likeness (QED) is 0.0367. The van der Waals surface area contributed by atoms with Crippen LogP contribution < -0.4 is 26.5 Å². The number of unbranched alkanes of at least 4 members (excludes halogenated alkanes) is 2. The molecule has 274 valence electrons. The first-order chi connectivity index (χ1) is 23.7. The standard InChI is InChI=1S/C30H32N4O14S3/c31-21-10-8-18-24(20-15-16(6-7-17(20)30(38)39)29(37)33-12-3-1-2-5-23(35)36)19-9-11-22(32)28(51(45,46)47)26(19)48-25(18)27(21)50(43,44)34-13-4-14-49(40,41)42/h6-11,15,32,34H,1-5,12-14,31H2,(H,33,37)(H,35,36)(H,38,39)(H,40,41,42)(H,45,46,47)/p-1. The summed E-state index contributed by atoms with van der Waals surface area (Å²) >= 11 is 0. The van der Waals surface area contributed by atoms with Crippen LogP contribution in [-0.2, 0) is 35.1 Å². The van der Waals surface area contributed by atoms with E-state index in [2.05, 4.69) is 10.0 Å². The zero-order chi connectivity index (χ0) is 37.9. The predicted molar refractivity (Wildman–Crippen MR) is 175 cm³/mol. The molecule has 2 aromatic carbocycles. The van der Waals surface area contributed by atoms with E-state index in [4.69, 9.17) is 20.7 Å². The lowest BCUT2D eigenvalue weighted by atomic mass is 9.89. The number of aromatic carboxylic acids is 1. The molecular weight excluding hydrogens is 737 g/mol. The Morgan fingerprint density at radius 2 is 1.55 bits per heavy atom. The van der Waals surface area contributed by atoms with E-state index in [0.29, 0.717) is 19.3 Å². The minimum absolute atomic E-state index is 0.0449. The van der Waals surface area contributed by atoms with Crippen molar-refractivity contribution in [2.45, 2.75) is 41.9 Å².